The maximum absolute atomic E-state index is 5.89. The first-order valence-corrected chi connectivity index (χ1v) is 7.00. The van der Waals surface area contributed by atoms with Crippen molar-refractivity contribution in [3.63, 3.8) is 0 Å². The van der Waals surface area contributed by atoms with Crippen LogP contribution >= 0.6 is 0 Å². The number of rotatable bonds is 7. The summed E-state index contributed by atoms with van der Waals surface area (Å²) in [6.45, 7) is 4.09. The van der Waals surface area contributed by atoms with Gasteiger partial charge >= 0.3 is 0 Å². The van der Waals surface area contributed by atoms with Gasteiger partial charge in [-0.15, -0.1) is 0 Å². The fraction of sp³-hybridized carbons (Fsp3) is 1.00. The summed E-state index contributed by atoms with van der Waals surface area (Å²) in [6.07, 6.45) is 9.46. The van der Waals surface area contributed by atoms with Crippen LogP contribution < -0.4 is 5.73 Å². The van der Waals surface area contributed by atoms with E-state index in [2.05, 4.69) is 6.92 Å². The highest BCUT2D eigenvalue weighted by Gasteiger charge is 2.28. The van der Waals surface area contributed by atoms with Gasteiger partial charge in [-0.2, -0.15) is 0 Å². The van der Waals surface area contributed by atoms with E-state index in [9.17, 15) is 0 Å². The Hall–Kier alpha value is -0.0800. The summed E-state index contributed by atoms with van der Waals surface area (Å²) in [7, 11) is 1.79. The summed E-state index contributed by atoms with van der Waals surface area (Å²) >= 11 is 0. The van der Waals surface area contributed by atoms with Crippen LogP contribution in [0.2, 0.25) is 0 Å². The third-order valence-corrected chi connectivity index (χ3v) is 4.17. The summed E-state index contributed by atoms with van der Waals surface area (Å²) in [5.41, 5.74) is 5.89. The van der Waals surface area contributed by atoms with E-state index in [4.69, 9.17) is 10.5 Å². The summed E-state index contributed by atoms with van der Waals surface area (Å²) in [6, 6.07) is 0. The van der Waals surface area contributed by atoms with Crippen LogP contribution in [0.5, 0.6) is 0 Å². The Kier molecular flexibility index (Phi) is 7.06. The highest BCUT2D eigenvalue weighted by molar-refractivity contribution is 4.80. The lowest BCUT2D eigenvalue weighted by atomic mass is 9.71. The summed E-state index contributed by atoms with van der Waals surface area (Å²) in [5.74, 6) is 2.62. The normalized spacial score (nSPS) is 30.6. The molecule has 0 aromatic rings. The van der Waals surface area contributed by atoms with Crippen molar-refractivity contribution in [2.75, 3.05) is 20.3 Å². The van der Waals surface area contributed by atoms with Crippen LogP contribution in [0.3, 0.4) is 0 Å². The molecule has 0 saturated heterocycles. The molecule has 0 aliphatic heterocycles. The van der Waals surface area contributed by atoms with Gasteiger partial charge in [0.15, 0.2) is 0 Å². The molecule has 2 N–H and O–H groups in total. The average molecular weight is 227 g/mol. The van der Waals surface area contributed by atoms with Crippen LogP contribution in [0.4, 0.5) is 0 Å². The second-order valence-electron chi connectivity index (χ2n) is 5.36. The molecule has 0 heterocycles. The molecule has 0 aromatic heterocycles. The lowest BCUT2D eigenvalue weighted by molar-refractivity contribution is 0.140. The van der Waals surface area contributed by atoms with Crippen molar-refractivity contribution in [3.05, 3.63) is 0 Å². The van der Waals surface area contributed by atoms with Crippen molar-refractivity contribution in [3.8, 4) is 0 Å². The van der Waals surface area contributed by atoms with Gasteiger partial charge in [0.05, 0.1) is 0 Å². The highest BCUT2D eigenvalue weighted by atomic mass is 16.5. The maximum Gasteiger partial charge on any atom is 0.0462 e. The second-order valence-corrected chi connectivity index (χ2v) is 5.36. The molecule has 0 radical (unpaired) electrons. The van der Waals surface area contributed by atoms with E-state index in [1.807, 2.05) is 0 Å². The first kappa shape index (κ1) is 14.0. The molecule has 96 valence electrons. The number of hydrogen-bond donors (Lipinski definition) is 1. The number of nitrogens with two attached hydrogens (primary N) is 1. The SMILES string of the molecule is CCCC1CCC(CN)C(CCCOC)C1. The average Bonchev–Trinajstić information content (AvgIpc) is 2.30. The molecular weight excluding hydrogens is 198 g/mol. The molecule has 0 bridgehead atoms. The van der Waals surface area contributed by atoms with Crippen molar-refractivity contribution in [2.24, 2.45) is 23.5 Å². The molecular formula is C14H29NO. The molecule has 1 rings (SSSR count). The first-order chi connectivity index (χ1) is 7.81. The molecule has 0 spiro atoms. The van der Waals surface area contributed by atoms with Gasteiger partial charge in [0, 0.05) is 13.7 Å². The van der Waals surface area contributed by atoms with Gasteiger partial charge in [0.25, 0.3) is 0 Å². The molecule has 3 unspecified atom stereocenters. The first-order valence-electron chi connectivity index (χ1n) is 7.00. The molecule has 2 nitrogen and oxygen atoms in total. The smallest absolute Gasteiger partial charge is 0.0462 e. The van der Waals surface area contributed by atoms with Crippen molar-refractivity contribution in [1.82, 2.24) is 0 Å². The van der Waals surface area contributed by atoms with E-state index in [0.717, 1.165) is 30.9 Å². The Morgan fingerprint density at radius 2 is 2.00 bits per heavy atom. The summed E-state index contributed by atoms with van der Waals surface area (Å²) in [5, 5.41) is 0. The monoisotopic (exact) mass is 227 g/mol. The lowest BCUT2D eigenvalue weighted by Gasteiger charge is -2.35. The Balaban J connectivity index is 2.34. The zero-order chi connectivity index (χ0) is 11.8. The maximum atomic E-state index is 5.89. The van der Waals surface area contributed by atoms with Crippen molar-refractivity contribution < 1.29 is 4.74 Å². The Morgan fingerprint density at radius 1 is 1.19 bits per heavy atom. The van der Waals surface area contributed by atoms with E-state index in [0.29, 0.717) is 0 Å². The van der Waals surface area contributed by atoms with Crippen LogP contribution in [0.25, 0.3) is 0 Å². The van der Waals surface area contributed by atoms with Gasteiger partial charge in [-0.3, -0.25) is 0 Å². The molecule has 0 aromatic carbocycles. The molecule has 1 fully saturated rings. The second kappa shape index (κ2) is 8.08. The molecule has 1 saturated carbocycles. The van der Waals surface area contributed by atoms with E-state index in [1.54, 1.807) is 7.11 Å². The quantitative estimate of drug-likeness (QED) is 0.678. The van der Waals surface area contributed by atoms with Gasteiger partial charge in [0.2, 0.25) is 0 Å². The fourth-order valence-electron chi connectivity index (χ4n) is 3.25. The van der Waals surface area contributed by atoms with Crippen LogP contribution in [-0.2, 0) is 4.74 Å². The van der Waals surface area contributed by atoms with Crippen LogP contribution in [0.1, 0.15) is 51.9 Å². The van der Waals surface area contributed by atoms with Gasteiger partial charge in [-0.1, -0.05) is 26.2 Å². The van der Waals surface area contributed by atoms with Crippen molar-refractivity contribution in [2.45, 2.75) is 51.9 Å². The van der Waals surface area contributed by atoms with E-state index < -0.39 is 0 Å². The molecule has 1 aliphatic rings. The minimum absolute atomic E-state index is 0.782. The number of ether oxygens (including phenoxy) is 1. The highest BCUT2D eigenvalue weighted by Crippen LogP contribution is 2.37. The molecule has 3 atom stereocenters. The summed E-state index contributed by atoms with van der Waals surface area (Å²) in [4.78, 5) is 0. The van der Waals surface area contributed by atoms with E-state index in [-0.39, 0.29) is 0 Å². The zero-order valence-corrected chi connectivity index (χ0v) is 11.1. The van der Waals surface area contributed by atoms with Crippen LogP contribution in [0, 0.1) is 17.8 Å². The third-order valence-electron chi connectivity index (χ3n) is 4.17. The topological polar surface area (TPSA) is 35.2 Å². The number of methoxy groups -OCH3 is 1. The van der Waals surface area contributed by atoms with Crippen molar-refractivity contribution in [1.29, 1.82) is 0 Å². The zero-order valence-electron chi connectivity index (χ0n) is 11.1. The van der Waals surface area contributed by atoms with Gasteiger partial charge in [0.1, 0.15) is 0 Å². The van der Waals surface area contributed by atoms with Gasteiger partial charge in [-0.05, 0) is 50.0 Å². The van der Waals surface area contributed by atoms with Gasteiger partial charge in [-0.25, -0.2) is 0 Å². The Bertz CT molecular complexity index is 172. The van der Waals surface area contributed by atoms with Crippen LogP contribution in [0.15, 0.2) is 0 Å². The number of hydrogen-bond acceptors (Lipinski definition) is 2. The minimum atomic E-state index is 0.782. The minimum Gasteiger partial charge on any atom is -0.385 e. The lowest BCUT2D eigenvalue weighted by Crippen LogP contribution is -2.30. The molecule has 16 heavy (non-hydrogen) atoms. The van der Waals surface area contributed by atoms with E-state index >= 15 is 0 Å². The third kappa shape index (κ3) is 4.42. The predicted octanol–water partition coefficient (Wildman–Crippen LogP) is 3.20. The predicted molar refractivity (Wildman–Crippen MR) is 69.4 cm³/mol. The van der Waals surface area contributed by atoms with Gasteiger partial charge < -0.3 is 10.5 Å². The molecule has 1 aliphatic carbocycles. The standard InChI is InChI=1S/C14H29NO/c1-3-5-12-7-8-14(11-15)13(10-12)6-4-9-16-2/h12-14H,3-11,15H2,1-2H3. The van der Waals surface area contributed by atoms with E-state index in [1.165, 1.54) is 44.9 Å². The largest absolute Gasteiger partial charge is 0.385 e. The molecule has 2 heteroatoms. The Morgan fingerprint density at radius 3 is 2.62 bits per heavy atom. The Labute approximate surface area is 101 Å². The summed E-state index contributed by atoms with van der Waals surface area (Å²) < 4.78 is 5.14. The fourth-order valence-corrected chi connectivity index (χ4v) is 3.25. The molecule has 0 amide bonds. The van der Waals surface area contributed by atoms with Crippen LogP contribution in [-0.4, -0.2) is 20.3 Å². The van der Waals surface area contributed by atoms with Crippen molar-refractivity contribution >= 4 is 0 Å².